The van der Waals surface area contributed by atoms with E-state index in [9.17, 15) is 0 Å². The van der Waals surface area contributed by atoms with E-state index in [0.29, 0.717) is 12.5 Å². The maximum Gasteiger partial charge on any atom is 0.225 e. The molecule has 0 N–H and O–H groups in total. The molecule has 3 aromatic rings. The molecular weight excluding hydrogens is 244 g/mol. The Balaban J connectivity index is 2.14. The molecule has 4 heteroatoms. The zero-order chi connectivity index (χ0) is 12.4. The summed E-state index contributed by atoms with van der Waals surface area (Å²) in [6.07, 6.45) is 1.55. The average molecular weight is 256 g/mol. The molecule has 0 amide bonds. The fourth-order valence-electron chi connectivity index (χ4n) is 1.83. The zero-order valence-corrected chi connectivity index (χ0v) is 10.8. The number of aromatic nitrogens is 2. The van der Waals surface area contributed by atoms with Gasteiger partial charge in [-0.3, -0.25) is 0 Å². The summed E-state index contributed by atoms with van der Waals surface area (Å²) in [5.74, 6) is 0.668. The normalized spacial score (nSPS) is 10.7. The monoisotopic (exact) mass is 256 g/mol. The first-order chi connectivity index (χ1) is 8.88. The second kappa shape index (κ2) is 4.74. The molecule has 90 valence electrons. The second-order valence-electron chi connectivity index (χ2n) is 3.81. The van der Waals surface area contributed by atoms with Crippen LogP contribution in [0.15, 0.2) is 42.7 Å². The fourth-order valence-corrected chi connectivity index (χ4v) is 2.83. The third kappa shape index (κ3) is 1.95. The maximum absolute atomic E-state index is 5.52. The Bertz CT molecular complexity index is 664. The minimum absolute atomic E-state index is 0.614. The molecule has 0 aliphatic carbocycles. The molecule has 0 bridgehead atoms. The highest BCUT2D eigenvalue weighted by molar-refractivity contribution is 7.21. The van der Waals surface area contributed by atoms with Crippen molar-refractivity contribution in [2.75, 3.05) is 6.61 Å². The van der Waals surface area contributed by atoms with Crippen molar-refractivity contribution < 1.29 is 4.74 Å². The quantitative estimate of drug-likeness (QED) is 0.715. The van der Waals surface area contributed by atoms with Gasteiger partial charge in [-0.15, -0.1) is 11.3 Å². The number of nitrogens with zero attached hydrogens (tertiary/aromatic N) is 2. The molecular formula is C14H12N2OS. The van der Waals surface area contributed by atoms with Gasteiger partial charge in [0.15, 0.2) is 0 Å². The SMILES string of the molecule is CCOc1ncnc2sc(-c3ccccc3)cc12. The molecule has 0 atom stereocenters. The van der Waals surface area contributed by atoms with E-state index in [1.54, 1.807) is 17.7 Å². The summed E-state index contributed by atoms with van der Waals surface area (Å²) in [5, 5.41) is 0.989. The molecule has 0 radical (unpaired) electrons. The largest absolute Gasteiger partial charge is 0.477 e. The molecule has 2 aromatic heterocycles. The lowest BCUT2D eigenvalue weighted by molar-refractivity contribution is 0.331. The minimum atomic E-state index is 0.614. The first-order valence-corrected chi connectivity index (χ1v) is 6.63. The van der Waals surface area contributed by atoms with Crippen LogP contribution in [-0.4, -0.2) is 16.6 Å². The van der Waals surface area contributed by atoms with Crippen LogP contribution in [0.4, 0.5) is 0 Å². The van der Waals surface area contributed by atoms with Gasteiger partial charge in [0.05, 0.1) is 12.0 Å². The summed E-state index contributed by atoms with van der Waals surface area (Å²) in [5.41, 5.74) is 1.20. The Morgan fingerprint density at radius 2 is 2.00 bits per heavy atom. The van der Waals surface area contributed by atoms with Crippen LogP contribution in [0, 0.1) is 0 Å². The van der Waals surface area contributed by atoms with E-state index in [1.165, 1.54) is 10.4 Å². The number of hydrogen-bond acceptors (Lipinski definition) is 4. The molecule has 0 spiro atoms. The first kappa shape index (κ1) is 11.2. The number of hydrogen-bond donors (Lipinski definition) is 0. The summed E-state index contributed by atoms with van der Waals surface area (Å²) in [6.45, 7) is 2.57. The molecule has 2 heterocycles. The molecule has 0 saturated heterocycles. The molecule has 0 aliphatic heterocycles. The third-order valence-electron chi connectivity index (χ3n) is 2.63. The van der Waals surface area contributed by atoms with Crippen LogP contribution in [0.2, 0.25) is 0 Å². The summed E-state index contributed by atoms with van der Waals surface area (Å²) >= 11 is 1.66. The van der Waals surface area contributed by atoms with Gasteiger partial charge in [-0.2, -0.15) is 0 Å². The molecule has 0 saturated carbocycles. The Morgan fingerprint density at radius 3 is 2.78 bits per heavy atom. The molecule has 0 unspecified atom stereocenters. The Labute approximate surface area is 109 Å². The van der Waals surface area contributed by atoms with Gasteiger partial charge in [-0.25, -0.2) is 9.97 Å². The summed E-state index contributed by atoms with van der Waals surface area (Å²) in [4.78, 5) is 10.6. The molecule has 3 rings (SSSR count). The van der Waals surface area contributed by atoms with Gasteiger partial charge in [0.25, 0.3) is 0 Å². The third-order valence-corrected chi connectivity index (χ3v) is 3.72. The highest BCUT2D eigenvalue weighted by Crippen LogP contribution is 2.35. The van der Waals surface area contributed by atoms with E-state index < -0.39 is 0 Å². The Kier molecular flexibility index (Phi) is 2.94. The molecule has 1 aromatic carbocycles. The maximum atomic E-state index is 5.52. The second-order valence-corrected chi connectivity index (χ2v) is 4.84. The van der Waals surface area contributed by atoms with E-state index in [-0.39, 0.29) is 0 Å². The van der Waals surface area contributed by atoms with E-state index in [2.05, 4.69) is 28.2 Å². The van der Waals surface area contributed by atoms with Gasteiger partial charge in [0.2, 0.25) is 5.88 Å². The van der Waals surface area contributed by atoms with Gasteiger partial charge < -0.3 is 4.74 Å². The van der Waals surface area contributed by atoms with Crippen molar-refractivity contribution in [3.63, 3.8) is 0 Å². The topological polar surface area (TPSA) is 35.0 Å². The van der Waals surface area contributed by atoms with Crippen molar-refractivity contribution in [1.82, 2.24) is 9.97 Å². The number of rotatable bonds is 3. The predicted octanol–water partition coefficient (Wildman–Crippen LogP) is 3.76. The Hall–Kier alpha value is -1.94. The summed E-state index contributed by atoms with van der Waals surface area (Å²) < 4.78 is 5.52. The van der Waals surface area contributed by atoms with E-state index >= 15 is 0 Å². The van der Waals surface area contributed by atoms with E-state index in [0.717, 1.165) is 10.2 Å². The molecule has 0 fully saturated rings. The van der Waals surface area contributed by atoms with Gasteiger partial charge in [-0.05, 0) is 18.6 Å². The molecule has 0 aliphatic rings. The standard InChI is InChI=1S/C14H12N2OS/c1-2-17-13-11-8-12(10-6-4-3-5-7-10)18-14(11)16-9-15-13/h3-9H,2H2,1H3. The first-order valence-electron chi connectivity index (χ1n) is 5.81. The highest BCUT2D eigenvalue weighted by Gasteiger charge is 2.10. The van der Waals surface area contributed by atoms with Crippen LogP contribution in [0.3, 0.4) is 0 Å². The van der Waals surface area contributed by atoms with Crippen LogP contribution in [0.5, 0.6) is 5.88 Å². The van der Waals surface area contributed by atoms with Crippen LogP contribution in [0.25, 0.3) is 20.7 Å². The number of fused-ring (bicyclic) bond motifs is 1. The van der Waals surface area contributed by atoms with Crippen molar-refractivity contribution in [1.29, 1.82) is 0 Å². The van der Waals surface area contributed by atoms with E-state index in [1.807, 2.05) is 25.1 Å². The lowest BCUT2D eigenvalue weighted by Crippen LogP contribution is -1.94. The van der Waals surface area contributed by atoms with Crippen molar-refractivity contribution in [3.05, 3.63) is 42.7 Å². The number of thiophene rings is 1. The summed E-state index contributed by atoms with van der Waals surface area (Å²) in [7, 11) is 0. The van der Waals surface area contributed by atoms with Gasteiger partial charge in [0.1, 0.15) is 11.2 Å². The fraction of sp³-hybridized carbons (Fsp3) is 0.143. The lowest BCUT2D eigenvalue weighted by Gasteiger charge is -2.00. The smallest absolute Gasteiger partial charge is 0.225 e. The highest BCUT2D eigenvalue weighted by atomic mass is 32.1. The summed E-state index contributed by atoms with van der Waals surface area (Å²) in [6, 6.07) is 12.4. The Morgan fingerprint density at radius 1 is 1.17 bits per heavy atom. The number of benzene rings is 1. The van der Waals surface area contributed by atoms with Crippen LogP contribution >= 0.6 is 11.3 Å². The predicted molar refractivity (Wildman–Crippen MR) is 74.0 cm³/mol. The van der Waals surface area contributed by atoms with E-state index in [4.69, 9.17) is 4.74 Å². The van der Waals surface area contributed by atoms with Gasteiger partial charge in [-0.1, -0.05) is 30.3 Å². The van der Waals surface area contributed by atoms with Crippen LogP contribution < -0.4 is 4.74 Å². The van der Waals surface area contributed by atoms with Crippen molar-refractivity contribution in [3.8, 4) is 16.3 Å². The molecule has 3 nitrogen and oxygen atoms in total. The minimum Gasteiger partial charge on any atom is -0.477 e. The lowest BCUT2D eigenvalue weighted by atomic mass is 10.2. The van der Waals surface area contributed by atoms with Crippen molar-refractivity contribution in [2.45, 2.75) is 6.92 Å². The van der Waals surface area contributed by atoms with Gasteiger partial charge in [0, 0.05) is 4.88 Å². The average Bonchev–Trinajstić information content (AvgIpc) is 2.85. The van der Waals surface area contributed by atoms with Crippen molar-refractivity contribution in [2.24, 2.45) is 0 Å². The van der Waals surface area contributed by atoms with Crippen LogP contribution in [-0.2, 0) is 0 Å². The van der Waals surface area contributed by atoms with Gasteiger partial charge >= 0.3 is 0 Å². The number of ether oxygens (including phenoxy) is 1. The van der Waals surface area contributed by atoms with Crippen LogP contribution in [0.1, 0.15) is 6.92 Å². The van der Waals surface area contributed by atoms with Crippen molar-refractivity contribution >= 4 is 21.6 Å². The molecule has 18 heavy (non-hydrogen) atoms. The zero-order valence-electron chi connectivity index (χ0n) is 9.96.